The minimum atomic E-state index is -1.17. The minimum absolute atomic E-state index is 0. The van der Waals surface area contributed by atoms with E-state index < -0.39 is 11.5 Å². The van der Waals surface area contributed by atoms with Crippen LogP contribution < -0.4 is 5.32 Å². The molecule has 26 heavy (non-hydrogen) atoms. The van der Waals surface area contributed by atoms with Crippen LogP contribution in [0.25, 0.3) is 0 Å². The number of rotatable bonds is 6. The van der Waals surface area contributed by atoms with Gasteiger partial charge in [-0.15, -0.1) is 12.4 Å². The third-order valence-corrected chi connectivity index (χ3v) is 4.55. The molecular formula is C18H23ClF2N4O. The van der Waals surface area contributed by atoms with Crippen LogP contribution in [0.15, 0.2) is 36.7 Å². The van der Waals surface area contributed by atoms with Crippen LogP contribution in [-0.2, 0) is 12.1 Å². The first-order valence-corrected chi connectivity index (χ1v) is 8.48. The van der Waals surface area contributed by atoms with E-state index in [1.807, 2.05) is 4.90 Å². The summed E-state index contributed by atoms with van der Waals surface area (Å²) in [6.07, 6.45) is 3.91. The highest BCUT2D eigenvalue weighted by Crippen LogP contribution is 2.31. The molecule has 1 aliphatic heterocycles. The van der Waals surface area contributed by atoms with E-state index in [2.05, 4.69) is 15.3 Å². The van der Waals surface area contributed by atoms with Gasteiger partial charge in [0.2, 0.25) is 0 Å². The van der Waals surface area contributed by atoms with Crippen LogP contribution in [-0.4, -0.2) is 46.2 Å². The SMILES string of the molecule is Cl.OC(CCCc1ncc(F)cn1)(c1ccc(F)cc1)N1CCNCC1. The summed E-state index contributed by atoms with van der Waals surface area (Å²) in [7, 11) is 0. The predicted octanol–water partition coefficient (Wildman–Crippen LogP) is 2.25. The van der Waals surface area contributed by atoms with Crippen molar-refractivity contribution in [1.82, 2.24) is 20.2 Å². The molecule has 2 aromatic rings. The second-order valence-electron chi connectivity index (χ2n) is 6.23. The van der Waals surface area contributed by atoms with Crippen LogP contribution >= 0.6 is 12.4 Å². The molecule has 0 aliphatic carbocycles. The highest BCUT2D eigenvalue weighted by atomic mass is 35.5. The van der Waals surface area contributed by atoms with Crippen molar-refractivity contribution in [2.24, 2.45) is 0 Å². The van der Waals surface area contributed by atoms with Crippen molar-refractivity contribution in [3.8, 4) is 0 Å². The Balaban J connectivity index is 0.00000243. The van der Waals surface area contributed by atoms with E-state index in [9.17, 15) is 13.9 Å². The molecule has 0 amide bonds. The smallest absolute Gasteiger partial charge is 0.159 e. The molecule has 1 atom stereocenters. The molecule has 1 fully saturated rings. The van der Waals surface area contributed by atoms with E-state index in [0.29, 0.717) is 43.7 Å². The third kappa shape index (κ3) is 4.94. The van der Waals surface area contributed by atoms with Crippen LogP contribution in [0.4, 0.5) is 8.78 Å². The lowest BCUT2D eigenvalue weighted by molar-refractivity contribution is -0.127. The highest BCUT2D eigenvalue weighted by Gasteiger charge is 2.36. The van der Waals surface area contributed by atoms with Crippen molar-refractivity contribution in [2.45, 2.75) is 25.0 Å². The molecule has 2 heterocycles. The fourth-order valence-electron chi connectivity index (χ4n) is 3.20. The Morgan fingerprint density at radius 3 is 2.27 bits per heavy atom. The number of benzene rings is 1. The van der Waals surface area contributed by atoms with Crippen LogP contribution in [0.1, 0.15) is 24.2 Å². The summed E-state index contributed by atoms with van der Waals surface area (Å²) in [6.45, 7) is 3.01. The van der Waals surface area contributed by atoms with E-state index >= 15 is 0 Å². The maximum atomic E-state index is 13.3. The Morgan fingerprint density at radius 2 is 1.65 bits per heavy atom. The van der Waals surface area contributed by atoms with Gasteiger partial charge in [0.15, 0.2) is 5.82 Å². The van der Waals surface area contributed by atoms with E-state index in [1.165, 1.54) is 12.1 Å². The number of nitrogens with zero attached hydrogens (tertiary/aromatic N) is 3. The van der Waals surface area contributed by atoms with Crippen molar-refractivity contribution >= 4 is 12.4 Å². The largest absolute Gasteiger partial charge is 0.371 e. The van der Waals surface area contributed by atoms with Gasteiger partial charge in [0.05, 0.1) is 12.4 Å². The Kier molecular flexibility index (Phi) is 7.40. The van der Waals surface area contributed by atoms with Gasteiger partial charge in [-0.2, -0.15) is 0 Å². The fraction of sp³-hybridized carbons (Fsp3) is 0.444. The van der Waals surface area contributed by atoms with Crippen molar-refractivity contribution < 1.29 is 13.9 Å². The molecule has 0 saturated carbocycles. The molecule has 1 saturated heterocycles. The quantitative estimate of drug-likeness (QED) is 0.800. The molecular weight excluding hydrogens is 362 g/mol. The molecule has 0 radical (unpaired) electrons. The molecule has 1 aromatic heterocycles. The molecule has 0 spiro atoms. The number of aromatic nitrogens is 2. The standard InChI is InChI=1S/C18H22F2N4O.ClH/c19-15-5-3-14(4-6-15)18(25,24-10-8-21-9-11-24)7-1-2-17-22-12-16(20)13-23-17;/h3-6,12-13,21,25H,1-2,7-11H2;1H. The number of hydrogen-bond acceptors (Lipinski definition) is 5. The summed E-state index contributed by atoms with van der Waals surface area (Å²) in [5.41, 5.74) is -0.494. The zero-order valence-electron chi connectivity index (χ0n) is 14.4. The number of piperazine rings is 1. The lowest BCUT2D eigenvalue weighted by atomic mass is 9.94. The first-order chi connectivity index (χ1) is 12.1. The van der Waals surface area contributed by atoms with Crippen LogP contribution in [0.3, 0.4) is 0 Å². The van der Waals surface area contributed by atoms with Crippen molar-refractivity contribution in [2.75, 3.05) is 26.2 Å². The lowest BCUT2D eigenvalue weighted by Crippen LogP contribution is -2.54. The summed E-state index contributed by atoms with van der Waals surface area (Å²) in [6, 6.07) is 5.99. The summed E-state index contributed by atoms with van der Waals surface area (Å²) < 4.78 is 26.2. The molecule has 1 aromatic carbocycles. The molecule has 1 aliphatic rings. The van der Waals surface area contributed by atoms with E-state index in [-0.39, 0.29) is 18.2 Å². The Bertz CT molecular complexity index is 681. The molecule has 2 N–H and O–H groups in total. The van der Waals surface area contributed by atoms with Gasteiger partial charge >= 0.3 is 0 Å². The Labute approximate surface area is 157 Å². The number of aryl methyl sites for hydroxylation is 1. The average Bonchev–Trinajstić information content (AvgIpc) is 2.64. The second kappa shape index (κ2) is 9.32. The fourth-order valence-corrected chi connectivity index (χ4v) is 3.20. The number of halogens is 3. The van der Waals surface area contributed by atoms with Gasteiger partial charge in [-0.05, 0) is 30.5 Å². The topological polar surface area (TPSA) is 61.3 Å². The molecule has 0 bridgehead atoms. The Hall–Kier alpha value is -1.67. The monoisotopic (exact) mass is 384 g/mol. The maximum Gasteiger partial charge on any atom is 0.159 e. The van der Waals surface area contributed by atoms with Gasteiger partial charge in [-0.25, -0.2) is 18.7 Å². The zero-order valence-corrected chi connectivity index (χ0v) is 15.2. The summed E-state index contributed by atoms with van der Waals surface area (Å²) in [5, 5.41) is 14.7. The predicted molar refractivity (Wildman–Crippen MR) is 96.9 cm³/mol. The van der Waals surface area contributed by atoms with E-state index in [1.54, 1.807) is 12.1 Å². The van der Waals surface area contributed by atoms with Gasteiger partial charge in [0.1, 0.15) is 17.4 Å². The molecule has 5 nitrogen and oxygen atoms in total. The molecule has 3 rings (SSSR count). The van der Waals surface area contributed by atoms with Crippen LogP contribution in [0, 0.1) is 11.6 Å². The zero-order chi connectivity index (χ0) is 17.7. The first kappa shape index (κ1) is 20.6. The van der Waals surface area contributed by atoms with Gasteiger partial charge in [0.25, 0.3) is 0 Å². The number of aliphatic hydroxyl groups is 1. The normalized spacial score (nSPS) is 17.3. The number of nitrogens with one attached hydrogen (secondary N) is 1. The maximum absolute atomic E-state index is 13.3. The Morgan fingerprint density at radius 1 is 1.04 bits per heavy atom. The second-order valence-corrected chi connectivity index (χ2v) is 6.23. The van der Waals surface area contributed by atoms with Crippen molar-refractivity contribution in [3.63, 3.8) is 0 Å². The molecule has 8 heteroatoms. The number of hydrogen-bond donors (Lipinski definition) is 2. The average molecular weight is 385 g/mol. The van der Waals surface area contributed by atoms with Crippen molar-refractivity contribution in [1.29, 1.82) is 0 Å². The van der Waals surface area contributed by atoms with Gasteiger partial charge < -0.3 is 10.4 Å². The lowest BCUT2D eigenvalue weighted by Gasteiger charge is -2.42. The van der Waals surface area contributed by atoms with Crippen molar-refractivity contribution in [3.05, 3.63) is 59.7 Å². The highest BCUT2D eigenvalue weighted by molar-refractivity contribution is 5.85. The van der Waals surface area contributed by atoms with E-state index in [4.69, 9.17) is 0 Å². The van der Waals surface area contributed by atoms with Gasteiger partial charge in [-0.1, -0.05) is 12.1 Å². The summed E-state index contributed by atoms with van der Waals surface area (Å²) in [5.74, 6) is -0.248. The van der Waals surface area contributed by atoms with Crippen LogP contribution in [0.5, 0.6) is 0 Å². The van der Waals surface area contributed by atoms with Crippen LogP contribution in [0.2, 0.25) is 0 Å². The molecule has 1 unspecified atom stereocenters. The first-order valence-electron chi connectivity index (χ1n) is 8.48. The summed E-state index contributed by atoms with van der Waals surface area (Å²) in [4.78, 5) is 9.92. The van der Waals surface area contributed by atoms with Gasteiger partial charge in [0, 0.05) is 32.6 Å². The van der Waals surface area contributed by atoms with Gasteiger partial charge in [-0.3, -0.25) is 4.90 Å². The minimum Gasteiger partial charge on any atom is -0.371 e. The molecule has 142 valence electrons. The summed E-state index contributed by atoms with van der Waals surface area (Å²) >= 11 is 0. The third-order valence-electron chi connectivity index (χ3n) is 4.55. The van der Waals surface area contributed by atoms with E-state index in [0.717, 1.165) is 25.5 Å².